The third-order valence-corrected chi connectivity index (χ3v) is 6.97. The standard InChI is InChI=1S/C22H21FN6O2S/c1-29-13-19-18(21(29)22(30)27-16-10-17(12-24)26-20(23)11-16)8-7-15(28-32(19,25)31)9-14-5-3-2-4-6-14/h2-6,10-11,13,15H,7-9H2,1H3,(H2,25,28,31)(H,26,27,30)/t15-,32?/m1/s1. The van der Waals surface area contributed by atoms with Crippen LogP contribution in [0.2, 0.25) is 0 Å². The summed E-state index contributed by atoms with van der Waals surface area (Å²) in [6.45, 7) is 0. The number of anilines is 1. The Balaban J connectivity index is 1.63. The zero-order chi connectivity index (χ0) is 22.9. The molecule has 0 bridgehead atoms. The first-order valence-corrected chi connectivity index (χ1v) is 11.5. The lowest BCUT2D eigenvalue weighted by molar-refractivity contribution is 0.101. The number of nitrogens with one attached hydrogen (secondary N) is 3. The molecule has 0 fully saturated rings. The van der Waals surface area contributed by atoms with Crippen LogP contribution in [0.5, 0.6) is 0 Å². The van der Waals surface area contributed by atoms with E-state index in [1.807, 2.05) is 30.3 Å². The monoisotopic (exact) mass is 452 g/mol. The number of hydrogen-bond acceptors (Lipinski definition) is 5. The molecular formula is C22H21FN6O2S. The lowest BCUT2D eigenvalue weighted by Crippen LogP contribution is -2.34. The van der Waals surface area contributed by atoms with E-state index in [-0.39, 0.29) is 28.0 Å². The molecule has 1 aliphatic rings. The molecule has 1 amide bonds. The Bertz CT molecular complexity index is 1330. The molecule has 8 nitrogen and oxygen atoms in total. The number of carbonyl (C=O) groups excluding carboxylic acids is 1. The Morgan fingerprint density at radius 1 is 1.41 bits per heavy atom. The maximum absolute atomic E-state index is 13.6. The van der Waals surface area contributed by atoms with Gasteiger partial charge in [0.15, 0.2) is 0 Å². The molecule has 0 spiro atoms. The number of carbonyl (C=O) groups is 1. The van der Waals surface area contributed by atoms with Gasteiger partial charge < -0.3 is 9.88 Å². The number of rotatable bonds is 4. The highest BCUT2D eigenvalue weighted by Crippen LogP contribution is 2.29. The fourth-order valence-corrected chi connectivity index (χ4v) is 5.62. The zero-order valence-electron chi connectivity index (χ0n) is 17.3. The van der Waals surface area contributed by atoms with Gasteiger partial charge in [0.25, 0.3) is 5.91 Å². The minimum atomic E-state index is -3.34. The molecule has 10 heteroatoms. The molecule has 2 aromatic heterocycles. The van der Waals surface area contributed by atoms with E-state index in [0.29, 0.717) is 24.8 Å². The van der Waals surface area contributed by atoms with Gasteiger partial charge in [-0.3, -0.25) is 4.79 Å². The Morgan fingerprint density at radius 2 is 2.16 bits per heavy atom. The van der Waals surface area contributed by atoms with Crippen molar-refractivity contribution in [2.45, 2.75) is 30.2 Å². The maximum atomic E-state index is 13.6. The summed E-state index contributed by atoms with van der Waals surface area (Å²) < 4.78 is 39.9. The molecule has 4 rings (SSSR count). The molecule has 164 valence electrons. The molecule has 1 aliphatic heterocycles. The van der Waals surface area contributed by atoms with Crippen molar-refractivity contribution in [2.75, 3.05) is 5.32 Å². The molecule has 1 aromatic carbocycles. The smallest absolute Gasteiger partial charge is 0.272 e. The van der Waals surface area contributed by atoms with E-state index < -0.39 is 21.8 Å². The van der Waals surface area contributed by atoms with Gasteiger partial charge >= 0.3 is 0 Å². The number of nitrogens with zero attached hydrogens (tertiary/aromatic N) is 3. The Morgan fingerprint density at radius 3 is 2.88 bits per heavy atom. The van der Waals surface area contributed by atoms with Crippen LogP contribution in [0.1, 0.15) is 33.7 Å². The summed E-state index contributed by atoms with van der Waals surface area (Å²) in [7, 11) is -1.70. The average Bonchev–Trinajstić information content (AvgIpc) is 3.03. The Labute approximate surface area is 185 Å². The number of fused-ring (bicyclic) bond motifs is 1. The van der Waals surface area contributed by atoms with Crippen LogP contribution in [0.3, 0.4) is 0 Å². The largest absolute Gasteiger partial charge is 0.345 e. The van der Waals surface area contributed by atoms with Crippen molar-refractivity contribution in [1.29, 1.82) is 10.0 Å². The van der Waals surface area contributed by atoms with E-state index in [0.717, 1.165) is 11.6 Å². The topological polar surface area (TPSA) is 124 Å². The van der Waals surface area contributed by atoms with Gasteiger partial charge in [0.1, 0.15) is 27.4 Å². The van der Waals surface area contributed by atoms with Crippen molar-refractivity contribution in [2.24, 2.45) is 7.05 Å². The highest BCUT2D eigenvalue weighted by molar-refractivity contribution is 7.90. The second-order valence-electron chi connectivity index (χ2n) is 7.66. The number of amides is 1. The molecule has 0 saturated heterocycles. The van der Waals surface area contributed by atoms with E-state index in [2.05, 4.69) is 15.0 Å². The number of nitriles is 1. The molecular weight excluding hydrogens is 431 g/mol. The number of halogens is 1. The third kappa shape index (κ3) is 4.39. The number of pyridine rings is 1. The van der Waals surface area contributed by atoms with Crippen LogP contribution in [0.4, 0.5) is 10.1 Å². The normalized spacial score (nSPS) is 20.1. The fraction of sp³-hybridized carbons (Fsp3) is 0.227. The number of benzene rings is 1. The van der Waals surface area contributed by atoms with Crippen molar-refractivity contribution in [3.05, 3.63) is 77.1 Å². The Kier molecular flexibility index (Phi) is 5.78. The van der Waals surface area contributed by atoms with Gasteiger partial charge in [-0.15, -0.1) is 0 Å². The van der Waals surface area contributed by atoms with Gasteiger partial charge in [0.2, 0.25) is 5.95 Å². The van der Waals surface area contributed by atoms with Crippen molar-refractivity contribution >= 4 is 21.5 Å². The van der Waals surface area contributed by atoms with E-state index in [4.69, 9.17) is 10.0 Å². The fourth-order valence-electron chi connectivity index (χ4n) is 3.97. The van der Waals surface area contributed by atoms with Crippen molar-refractivity contribution in [3.8, 4) is 6.07 Å². The molecule has 32 heavy (non-hydrogen) atoms. The lowest BCUT2D eigenvalue weighted by atomic mass is 9.99. The summed E-state index contributed by atoms with van der Waals surface area (Å²) in [5.41, 5.74) is 1.78. The van der Waals surface area contributed by atoms with E-state index >= 15 is 0 Å². The van der Waals surface area contributed by atoms with Crippen LogP contribution < -0.4 is 10.0 Å². The minimum absolute atomic E-state index is 0.0920. The number of aromatic nitrogens is 2. The van der Waals surface area contributed by atoms with E-state index in [1.165, 1.54) is 16.8 Å². The molecule has 3 aromatic rings. The molecule has 0 saturated carbocycles. The van der Waals surface area contributed by atoms with Crippen molar-refractivity contribution in [3.63, 3.8) is 0 Å². The lowest BCUT2D eigenvalue weighted by Gasteiger charge is -2.17. The summed E-state index contributed by atoms with van der Waals surface area (Å²) in [5, 5.41) is 11.6. The van der Waals surface area contributed by atoms with Crippen LogP contribution in [0, 0.1) is 22.1 Å². The highest BCUT2D eigenvalue weighted by Gasteiger charge is 2.31. The van der Waals surface area contributed by atoms with Crippen LogP contribution in [0.25, 0.3) is 0 Å². The van der Waals surface area contributed by atoms with Crippen LogP contribution in [-0.4, -0.2) is 25.7 Å². The first kappa shape index (κ1) is 21.7. The highest BCUT2D eigenvalue weighted by atomic mass is 32.2. The summed E-state index contributed by atoms with van der Waals surface area (Å²) in [6.07, 6.45) is 3.19. The van der Waals surface area contributed by atoms with Gasteiger partial charge in [-0.1, -0.05) is 30.3 Å². The molecule has 1 unspecified atom stereocenters. The van der Waals surface area contributed by atoms with E-state index in [1.54, 1.807) is 13.1 Å². The summed E-state index contributed by atoms with van der Waals surface area (Å²) in [4.78, 5) is 16.7. The first-order chi connectivity index (χ1) is 15.3. The summed E-state index contributed by atoms with van der Waals surface area (Å²) in [5.74, 6) is -1.42. The molecule has 2 atom stereocenters. The van der Waals surface area contributed by atoms with Gasteiger partial charge in [-0.2, -0.15) is 9.65 Å². The molecule has 3 N–H and O–H groups in total. The second kappa shape index (κ2) is 8.53. The van der Waals surface area contributed by atoms with Crippen LogP contribution >= 0.6 is 0 Å². The van der Waals surface area contributed by atoms with Gasteiger partial charge in [0, 0.05) is 36.6 Å². The zero-order valence-corrected chi connectivity index (χ0v) is 18.1. The SMILES string of the molecule is Cn1cc2c(c1C(=O)Nc1cc(F)nc(C#N)c1)CC[C@H](Cc1ccccc1)NS2(=N)=O. The molecule has 3 heterocycles. The predicted octanol–water partition coefficient (Wildman–Crippen LogP) is 3.15. The van der Waals surface area contributed by atoms with Crippen molar-refractivity contribution in [1.82, 2.24) is 14.3 Å². The first-order valence-electron chi connectivity index (χ1n) is 9.94. The van der Waals surface area contributed by atoms with Crippen molar-refractivity contribution < 1.29 is 13.4 Å². The predicted molar refractivity (Wildman–Crippen MR) is 117 cm³/mol. The van der Waals surface area contributed by atoms with E-state index in [9.17, 15) is 13.4 Å². The second-order valence-corrected chi connectivity index (χ2v) is 9.45. The molecule has 0 aliphatic carbocycles. The third-order valence-electron chi connectivity index (χ3n) is 5.34. The summed E-state index contributed by atoms with van der Waals surface area (Å²) in [6, 6.07) is 13.6. The average molecular weight is 453 g/mol. The van der Waals surface area contributed by atoms with Crippen LogP contribution in [0.15, 0.2) is 53.6 Å². The Hall–Kier alpha value is -3.55. The number of aryl methyl sites for hydroxylation is 1. The minimum Gasteiger partial charge on any atom is -0.345 e. The van der Waals surface area contributed by atoms with Gasteiger partial charge in [-0.25, -0.2) is 18.7 Å². The number of hydrogen-bond donors (Lipinski definition) is 3. The quantitative estimate of drug-likeness (QED) is 0.526. The van der Waals surface area contributed by atoms with Gasteiger partial charge in [0.05, 0.1) is 4.90 Å². The molecule has 0 radical (unpaired) electrons. The van der Waals surface area contributed by atoms with Crippen LogP contribution in [-0.2, 0) is 29.8 Å². The maximum Gasteiger partial charge on any atom is 0.272 e. The summed E-state index contributed by atoms with van der Waals surface area (Å²) >= 11 is 0. The van der Waals surface area contributed by atoms with Gasteiger partial charge in [-0.05, 0) is 30.9 Å².